The van der Waals surface area contributed by atoms with E-state index in [9.17, 15) is 31.2 Å². The zero-order valence-corrected chi connectivity index (χ0v) is 35.3. The Hall–Kier alpha value is -3.31. The molecule has 2 spiro atoms. The monoisotopic (exact) mass is 806 g/mol. The van der Waals surface area contributed by atoms with Crippen molar-refractivity contribution >= 4 is 43.7 Å². The Balaban J connectivity index is 1.30. The van der Waals surface area contributed by atoms with Crippen molar-refractivity contribution in [1.29, 1.82) is 0 Å². The van der Waals surface area contributed by atoms with Gasteiger partial charge < -0.3 is 20.1 Å². The van der Waals surface area contributed by atoms with Gasteiger partial charge in [-0.05, 0) is 74.0 Å². The molecule has 4 N–H and O–H groups in total. The number of rotatable bonds is 12. The summed E-state index contributed by atoms with van der Waals surface area (Å²) < 4.78 is 62.6. The second-order valence-corrected chi connectivity index (χ2v) is 23.0. The number of nitrogens with zero attached hydrogens (tertiary/aromatic N) is 2. The zero-order valence-electron chi connectivity index (χ0n) is 33.7. The minimum atomic E-state index is -4.29. The SMILES string of the molecule is C=C[C@@H]1C[C@]1(NC(=O)[C@@H]1C[C@@]2(CN1C(=O)[C@@H](NC(=O)[C@@H](NS(=O)(=O)c1c(C)noc1C)C(C)(C)C)C(C)(C)C)C(C)(C)C21CCC1)C(=O)NS(=O)(=O)C1CC1. The van der Waals surface area contributed by atoms with E-state index in [0.29, 0.717) is 19.3 Å². The molecule has 1 aliphatic heterocycles. The quantitative estimate of drug-likeness (QED) is 0.227. The molecule has 4 aliphatic carbocycles. The van der Waals surface area contributed by atoms with E-state index in [1.807, 2.05) is 0 Å². The number of hydrogen-bond acceptors (Lipinski definition) is 10. The highest BCUT2D eigenvalue weighted by atomic mass is 32.2. The number of aryl methyl sites for hydroxylation is 2. The van der Waals surface area contributed by atoms with Gasteiger partial charge in [-0.25, -0.2) is 16.8 Å². The van der Waals surface area contributed by atoms with Crippen LogP contribution < -0.4 is 20.1 Å². The maximum Gasteiger partial charge on any atom is 0.259 e. The van der Waals surface area contributed by atoms with E-state index < -0.39 is 94.8 Å². The minimum Gasteiger partial charge on any atom is -0.360 e. The molecule has 4 saturated carbocycles. The summed E-state index contributed by atoms with van der Waals surface area (Å²) >= 11 is 0. The van der Waals surface area contributed by atoms with E-state index in [1.54, 1.807) is 41.5 Å². The topological polar surface area (TPSA) is 214 Å². The Morgan fingerprint density at radius 3 is 1.98 bits per heavy atom. The van der Waals surface area contributed by atoms with Gasteiger partial charge in [0.2, 0.25) is 37.8 Å². The third kappa shape index (κ3) is 6.53. The largest absolute Gasteiger partial charge is 0.360 e. The highest BCUT2D eigenvalue weighted by molar-refractivity contribution is 7.91. The third-order valence-corrected chi connectivity index (χ3v) is 17.2. The molecule has 0 bridgehead atoms. The number of fused-ring (bicyclic) bond motifs is 1. The fourth-order valence-corrected chi connectivity index (χ4v) is 12.9. The van der Waals surface area contributed by atoms with Crippen molar-refractivity contribution in [2.24, 2.45) is 33.0 Å². The van der Waals surface area contributed by atoms with Gasteiger partial charge in [0.05, 0.1) is 5.25 Å². The Labute approximate surface area is 325 Å². The summed E-state index contributed by atoms with van der Waals surface area (Å²) in [7, 11) is -8.19. The summed E-state index contributed by atoms with van der Waals surface area (Å²) in [5.41, 5.74) is -3.92. The first-order valence-electron chi connectivity index (χ1n) is 19.2. The van der Waals surface area contributed by atoms with Gasteiger partial charge in [0, 0.05) is 17.9 Å². The number of carbonyl (C=O) groups is 4. The molecule has 0 unspecified atom stereocenters. The summed E-state index contributed by atoms with van der Waals surface area (Å²) in [4.78, 5) is 58.8. The lowest BCUT2D eigenvalue weighted by atomic mass is 9.73. The fraction of sp³-hybridized carbons (Fsp3) is 0.763. The summed E-state index contributed by atoms with van der Waals surface area (Å²) in [5.74, 6) is -3.09. The standard InChI is InChI=1S/C38H58N6O9S2/c1-12-23-18-38(23,32(48)43-54(49,50)24-14-15-24)40-29(45)25-19-37(35(10,11)36(37)16-13-17-36)20-44(25)31(47)28(34(7,8)9)39-30(46)27(33(4,5)6)42-55(51,52)26-21(2)41-53-22(26)3/h12,23-25,27-28,42H,1,13-20H2,2-11H3,(H,39,46)(H,40,45)(H,43,48)/t23-,25+,27-,28-,37-,38-/m1/s1. The van der Waals surface area contributed by atoms with Crippen LogP contribution in [-0.2, 0) is 39.2 Å². The molecule has 1 aromatic rings. The Bertz CT molecular complexity index is 2020. The van der Waals surface area contributed by atoms with Crippen molar-refractivity contribution in [3.63, 3.8) is 0 Å². The molecule has 15 nitrogen and oxygen atoms in total. The molecule has 4 amide bonds. The molecule has 0 radical (unpaired) electrons. The predicted octanol–water partition coefficient (Wildman–Crippen LogP) is 2.98. The molecule has 306 valence electrons. The number of sulfonamides is 2. The van der Waals surface area contributed by atoms with Crippen LogP contribution in [0, 0.1) is 46.8 Å². The molecular weight excluding hydrogens is 749 g/mol. The van der Waals surface area contributed by atoms with E-state index in [0.717, 1.165) is 19.3 Å². The highest BCUT2D eigenvalue weighted by Crippen LogP contribution is 2.88. The first-order chi connectivity index (χ1) is 25.1. The lowest BCUT2D eigenvalue weighted by Crippen LogP contribution is -2.63. The number of likely N-dealkylation sites (tertiary alicyclic amines) is 1. The van der Waals surface area contributed by atoms with E-state index in [1.165, 1.54) is 24.8 Å². The van der Waals surface area contributed by atoms with Gasteiger partial charge in [0.25, 0.3) is 5.91 Å². The second kappa shape index (κ2) is 12.9. The normalized spacial score (nSPS) is 29.2. The van der Waals surface area contributed by atoms with Crippen LogP contribution in [0.1, 0.15) is 112 Å². The number of hydrogen-bond donors (Lipinski definition) is 4. The molecule has 5 fully saturated rings. The average molecular weight is 807 g/mol. The number of aromatic nitrogens is 1. The van der Waals surface area contributed by atoms with E-state index in [-0.39, 0.29) is 40.1 Å². The van der Waals surface area contributed by atoms with E-state index in [2.05, 4.69) is 45.7 Å². The number of carbonyl (C=O) groups excluding carboxylic acids is 4. The molecule has 0 aromatic carbocycles. The van der Waals surface area contributed by atoms with Gasteiger partial charge in [-0.1, -0.05) is 73.0 Å². The Morgan fingerprint density at radius 2 is 1.55 bits per heavy atom. The average Bonchev–Trinajstić information content (AvgIpc) is 3.97. The molecule has 2 heterocycles. The summed E-state index contributed by atoms with van der Waals surface area (Å²) in [6.45, 7) is 21.8. The van der Waals surface area contributed by atoms with Crippen LogP contribution in [0.2, 0.25) is 0 Å². The number of amides is 4. The van der Waals surface area contributed by atoms with Crippen LogP contribution in [0.4, 0.5) is 0 Å². The smallest absolute Gasteiger partial charge is 0.259 e. The van der Waals surface area contributed by atoms with Crippen LogP contribution in [0.15, 0.2) is 22.1 Å². The fourth-order valence-electron chi connectivity index (χ4n) is 9.82. The number of nitrogens with one attached hydrogen (secondary N) is 4. The van der Waals surface area contributed by atoms with E-state index in [4.69, 9.17) is 4.52 Å². The van der Waals surface area contributed by atoms with Gasteiger partial charge in [-0.2, -0.15) is 4.72 Å². The maximum absolute atomic E-state index is 15.0. The molecule has 17 heteroatoms. The van der Waals surface area contributed by atoms with Crippen molar-refractivity contribution in [1.82, 2.24) is 30.1 Å². The summed E-state index contributed by atoms with van der Waals surface area (Å²) in [6.07, 6.45) is 5.88. The van der Waals surface area contributed by atoms with Crippen LogP contribution in [0.5, 0.6) is 0 Å². The van der Waals surface area contributed by atoms with Gasteiger partial charge in [0.15, 0.2) is 5.76 Å². The molecular formula is C38H58N6O9S2. The van der Waals surface area contributed by atoms with Gasteiger partial charge in [-0.15, -0.1) is 6.58 Å². The lowest BCUT2D eigenvalue weighted by molar-refractivity contribution is -0.145. The molecule has 6 rings (SSSR count). The first kappa shape index (κ1) is 41.3. The van der Waals surface area contributed by atoms with Crippen molar-refractivity contribution in [3.8, 4) is 0 Å². The molecule has 1 saturated heterocycles. The molecule has 1 aromatic heterocycles. The van der Waals surface area contributed by atoms with Crippen LogP contribution in [0.3, 0.4) is 0 Å². The van der Waals surface area contributed by atoms with Crippen LogP contribution in [-0.4, -0.2) is 86.0 Å². The highest BCUT2D eigenvalue weighted by Gasteiger charge is 2.85. The van der Waals surface area contributed by atoms with Crippen molar-refractivity contribution in [2.45, 2.75) is 148 Å². The van der Waals surface area contributed by atoms with E-state index >= 15 is 4.79 Å². The van der Waals surface area contributed by atoms with Gasteiger partial charge >= 0.3 is 0 Å². The van der Waals surface area contributed by atoms with Gasteiger partial charge in [-0.3, -0.25) is 23.9 Å². The van der Waals surface area contributed by atoms with Crippen LogP contribution in [0.25, 0.3) is 0 Å². The zero-order chi connectivity index (χ0) is 41.1. The van der Waals surface area contributed by atoms with Crippen LogP contribution >= 0.6 is 0 Å². The second-order valence-electron chi connectivity index (χ2n) is 19.4. The van der Waals surface area contributed by atoms with Crippen molar-refractivity contribution in [2.75, 3.05) is 6.54 Å². The Kier molecular flexibility index (Phi) is 9.66. The molecule has 5 aliphatic rings. The lowest BCUT2D eigenvalue weighted by Gasteiger charge is -2.38. The van der Waals surface area contributed by atoms with Gasteiger partial charge in [0.1, 0.15) is 34.3 Å². The molecule has 6 atom stereocenters. The van der Waals surface area contributed by atoms with Crippen molar-refractivity contribution in [3.05, 3.63) is 24.1 Å². The summed E-state index contributed by atoms with van der Waals surface area (Å²) in [5, 5.41) is 8.87. The third-order valence-electron chi connectivity index (χ3n) is 13.7. The summed E-state index contributed by atoms with van der Waals surface area (Å²) in [6, 6.07) is -3.55. The predicted molar refractivity (Wildman–Crippen MR) is 203 cm³/mol. The molecule has 55 heavy (non-hydrogen) atoms. The van der Waals surface area contributed by atoms with Crippen molar-refractivity contribution < 1.29 is 40.5 Å². The maximum atomic E-state index is 15.0. The Morgan fingerprint density at radius 1 is 0.945 bits per heavy atom. The first-order valence-corrected chi connectivity index (χ1v) is 22.2. The minimum absolute atomic E-state index is 0.0646.